The summed E-state index contributed by atoms with van der Waals surface area (Å²) >= 11 is 5.87. The van der Waals surface area contributed by atoms with Crippen LogP contribution in [-0.2, 0) is 11.3 Å². The Morgan fingerprint density at radius 1 is 1.09 bits per heavy atom. The van der Waals surface area contributed by atoms with Crippen molar-refractivity contribution in [3.05, 3.63) is 78.1 Å². The maximum Gasteiger partial charge on any atom is 0.230 e. The van der Waals surface area contributed by atoms with E-state index in [1.54, 1.807) is 4.90 Å². The highest BCUT2D eigenvalue weighted by Gasteiger charge is 2.41. The van der Waals surface area contributed by atoms with Crippen LogP contribution in [0.3, 0.4) is 0 Å². The lowest BCUT2D eigenvalue weighted by atomic mass is 10.0. The Morgan fingerprint density at radius 3 is 2.69 bits per heavy atom. The second kappa shape index (κ2) is 8.67. The predicted octanol–water partition coefficient (Wildman–Crippen LogP) is 3.78. The van der Waals surface area contributed by atoms with Crippen molar-refractivity contribution in [3.8, 4) is 0 Å². The Morgan fingerprint density at radius 2 is 1.88 bits per heavy atom. The molecule has 0 saturated carbocycles. The van der Waals surface area contributed by atoms with Gasteiger partial charge in [-0.2, -0.15) is 0 Å². The standard InChI is InChI=1S/C25H27N5OS/c1-2-12-29-23(31)13-22(24-27-15-21(28-24)17-8-4-3-5-9-17)30(25(29)32)16-18-14-26-20-11-7-6-10-19(18)20/h3-11,14-15,22,24,26-28H,2,12-13,16H2,1H3/t22-,24?/m0/s1. The maximum absolute atomic E-state index is 13.0. The lowest BCUT2D eigenvalue weighted by Gasteiger charge is -2.45. The zero-order valence-corrected chi connectivity index (χ0v) is 18.9. The van der Waals surface area contributed by atoms with E-state index in [2.05, 4.69) is 57.8 Å². The second-order valence-corrected chi connectivity index (χ2v) is 8.66. The van der Waals surface area contributed by atoms with Crippen molar-refractivity contribution in [2.75, 3.05) is 6.54 Å². The summed E-state index contributed by atoms with van der Waals surface area (Å²) in [5.41, 5.74) is 4.42. The Labute approximate surface area is 193 Å². The van der Waals surface area contributed by atoms with Gasteiger partial charge in [0.05, 0.1) is 18.2 Å². The van der Waals surface area contributed by atoms with Gasteiger partial charge in [-0.25, -0.2) is 0 Å². The molecule has 0 bridgehead atoms. The van der Waals surface area contributed by atoms with Crippen molar-refractivity contribution in [2.24, 2.45) is 0 Å². The minimum Gasteiger partial charge on any atom is -0.368 e. The molecule has 3 N–H and O–H groups in total. The third-order valence-electron chi connectivity index (χ3n) is 6.21. The number of fused-ring (bicyclic) bond motifs is 1. The van der Waals surface area contributed by atoms with Gasteiger partial charge in [-0.1, -0.05) is 55.5 Å². The molecule has 3 aromatic rings. The van der Waals surface area contributed by atoms with Crippen molar-refractivity contribution in [3.63, 3.8) is 0 Å². The Kier molecular flexibility index (Phi) is 5.57. The second-order valence-electron chi connectivity index (χ2n) is 8.30. The predicted molar refractivity (Wildman–Crippen MR) is 131 cm³/mol. The molecule has 1 aromatic heterocycles. The van der Waals surface area contributed by atoms with Gasteiger partial charge in [-0.15, -0.1) is 0 Å². The third kappa shape index (κ3) is 3.73. The van der Waals surface area contributed by atoms with Gasteiger partial charge < -0.3 is 20.5 Å². The highest BCUT2D eigenvalue weighted by molar-refractivity contribution is 7.80. The number of rotatable bonds is 6. The van der Waals surface area contributed by atoms with Crippen LogP contribution in [0.5, 0.6) is 0 Å². The Hall–Kier alpha value is -3.32. The summed E-state index contributed by atoms with van der Waals surface area (Å²) in [6, 6.07) is 18.4. The van der Waals surface area contributed by atoms with Gasteiger partial charge in [-0.05, 0) is 35.8 Å². The Balaban J connectivity index is 1.43. The first kappa shape index (κ1) is 20.6. The van der Waals surface area contributed by atoms with Gasteiger partial charge in [0.2, 0.25) is 5.91 Å². The molecule has 164 valence electrons. The van der Waals surface area contributed by atoms with E-state index in [1.165, 1.54) is 10.9 Å². The van der Waals surface area contributed by atoms with E-state index in [9.17, 15) is 4.79 Å². The number of thiocarbonyl (C=S) groups is 1. The Bertz CT molecular complexity index is 1170. The number of amides is 1. The molecule has 32 heavy (non-hydrogen) atoms. The molecular weight excluding hydrogens is 418 g/mol. The van der Waals surface area contributed by atoms with Crippen molar-refractivity contribution < 1.29 is 4.79 Å². The fourth-order valence-corrected chi connectivity index (χ4v) is 4.98. The fraction of sp³-hybridized carbons (Fsp3) is 0.280. The zero-order valence-electron chi connectivity index (χ0n) is 18.0. The highest BCUT2D eigenvalue weighted by Crippen LogP contribution is 2.28. The van der Waals surface area contributed by atoms with E-state index in [-0.39, 0.29) is 18.1 Å². The average Bonchev–Trinajstić information content (AvgIpc) is 3.47. The van der Waals surface area contributed by atoms with Crippen LogP contribution >= 0.6 is 12.2 Å². The first-order valence-electron chi connectivity index (χ1n) is 11.1. The molecule has 1 saturated heterocycles. The zero-order chi connectivity index (χ0) is 22.1. The SMILES string of the molecule is CCCN1C(=O)C[C@@H](C2NC=C(c3ccccc3)N2)N(Cc2c[nH]c3ccccc23)C1=S. The molecule has 7 heteroatoms. The number of para-hydroxylation sites is 1. The first-order valence-corrected chi connectivity index (χ1v) is 11.5. The number of aromatic amines is 1. The number of hydrogen-bond donors (Lipinski definition) is 3. The summed E-state index contributed by atoms with van der Waals surface area (Å²) in [6.45, 7) is 3.36. The lowest BCUT2D eigenvalue weighted by Crippen LogP contribution is -2.63. The van der Waals surface area contributed by atoms with E-state index in [4.69, 9.17) is 12.2 Å². The summed E-state index contributed by atoms with van der Waals surface area (Å²) in [7, 11) is 0. The number of H-pyrrole nitrogens is 1. The fourth-order valence-electron chi connectivity index (χ4n) is 4.59. The topological polar surface area (TPSA) is 63.4 Å². The molecular formula is C25H27N5OS. The molecule has 0 aliphatic carbocycles. The molecule has 3 heterocycles. The first-order chi connectivity index (χ1) is 15.7. The average molecular weight is 446 g/mol. The molecule has 2 aromatic carbocycles. The van der Waals surface area contributed by atoms with Crippen LogP contribution < -0.4 is 10.6 Å². The molecule has 1 unspecified atom stereocenters. The molecule has 0 radical (unpaired) electrons. The molecule has 0 spiro atoms. The van der Waals surface area contributed by atoms with Crippen LogP contribution in [0.25, 0.3) is 16.6 Å². The third-order valence-corrected chi connectivity index (χ3v) is 6.67. The van der Waals surface area contributed by atoms with Crippen molar-refractivity contribution in [2.45, 2.75) is 38.5 Å². The van der Waals surface area contributed by atoms with Crippen LogP contribution in [0.1, 0.15) is 30.9 Å². The van der Waals surface area contributed by atoms with Crippen LogP contribution in [0.2, 0.25) is 0 Å². The van der Waals surface area contributed by atoms with E-state index < -0.39 is 0 Å². The number of benzene rings is 2. The minimum atomic E-state index is -0.110. The molecule has 2 atom stereocenters. The van der Waals surface area contributed by atoms with E-state index >= 15 is 0 Å². The number of carbonyl (C=O) groups excluding carboxylic acids is 1. The maximum atomic E-state index is 13.0. The molecule has 2 aliphatic heterocycles. The van der Waals surface area contributed by atoms with Gasteiger partial charge >= 0.3 is 0 Å². The molecule has 1 amide bonds. The molecule has 6 nitrogen and oxygen atoms in total. The largest absolute Gasteiger partial charge is 0.368 e. The monoisotopic (exact) mass is 445 g/mol. The molecule has 5 rings (SSSR count). The molecule has 1 fully saturated rings. The summed E-state index contributed by atoms with van der Waals surface area (Å²) in [5, 5.41) is 8.83. The highest BCUT2D eigenvalue weighted by atomic mass is 32.1. The van der Waals surface area contributed by atoms with E-state index in [0.717, 1.165) is 23.2 Å². The van der Waals surface area contributed by atoms with Gasteiger partial charge in [0.15, 0.2) is 5.11 Å². The van der Waals surface area contributed by atoms with E-state index in [0.29, 0.717) is 24.6 Å². The number of nitrogens with one attached hydrogen (secondary N) is 3. The van der Waals surface area contributed by atoms with Crippen molar-refractivity contribution >= 4 is 39.8 Å². The van der Waals surface area contributed by atoms with Crippen LogP contribution in [0, 0.1) is 0 Å². The van der Waals surface area contributed by atoms with Crippen LogP contribution in [0.4, 0.5) is 0 Å². The summed E-state index contributed by atoms with van der Waals surface area (Å²) in [5.74, 6) is 0.0915. The summed E-state index contributed by atoms with van der Waals surface area (Å²) < 4.78 is 0. The smallest absolute Gasteiger partial charge is 0.230 e. The number of nitrogens with zero attached hydrogens (tertiary/aromatic N) is 2. The van der Waals surface area contributed by atoms with Crippen LogP contribution in [-0.4, -0.2) is 44.6 Å². The summed E-state index contributed by atoms with van der Waals surface area (Å²) in [6.07, 6.45) is 5.21. The lowest BCUT2D eigenvalue weighted by molar-refractivity contribution is -0.131. The quantitative estimate of drug-likeness (QED) is 0.504. The summed E-state index contributed by atoms with van der Waals surface area (Å²) in [4.78, 5) is 20.3. The van der Waals surface area contributed by atoms with Gasteiger partial charge in [0.25, 0.3) is 0 Å². The van der Waals surface area contributed by atoms with Crippen molar-refractivity contribution in [1.29, 1.82) is 0 Å². The normalized spacial score (nSPS) is 21.0. The van der Waals surface area contributed by atoms with Crippen LogP contribution in [0.15, 0.2) is 67.0 Å². The number of hydrogen-bond acceptors (Lipinski definition) is 4. The number of aromatic nitrogens is 1. The van der Waals surface area contributed by atoms with Gasteiger partial charge in [0.1, 0.15) is 6.17 Å². The van der Waals surface area contributed by atoms with Gasteiger partial charge in [0, 0.05) is 36.4 Å². The molecule has 2 aliphatic rings. The van der Waals surface area contributed by atoms with Crippen molar-refractivity contribution in [1.82, 2.24) is 25.4 Å². The number of carbonyl (C=O) groups is 1. The minimum absolute atomic E-state index is 0.0915. The van der Waals surface area contributed by atoms with Gasteiger partial charge in [-0.3, -0.25) is 9.69 Å². The van der Waals surface area contributed by atoms with E-state index in [1.807, 2.05) is 36.7 Å².